The number of thiophene rings is 1. The average molecular weight is 434 g/mol. The van der Waals surface area contributed by atoms with E-state index in [1.54, 1.807) is 47.8 Å². The largest absolute Gasteiger partial charge is 0.545 e. The molecule has 0 spiro atoms. The Morgan fingerprint density at radius 1 is 0.900 bits per heavy atom. The normalized spacial score (nSPS) is 11.4. The van der Waals surface area contributed by atoms with E-state index in [4.69, 9.17) is 0 Å². The number of hydrogen-bond acceptors (Lipinski definition) is 7. The number of carbonyl (C=O) groups excluding carboxylic acids is 3. The smallest absolute Gasteiger partial charge is 0.279 e. The fraction of sp³-hybridized carbons (Fsp3) is 0. The van der Waals surface area contributed by atoms with Crippen LogP contribution in [0.3, 0.4) is 0 Å². The maximum Gasteiger partial charge on any atom is 0.279 e. The van der Waals surface area contributed by atoms with Crippen molar-refractivity contribution in [1.82, 2.24) is 9.78 Å². The van der Waals surface area contributed by atoms with Crippen LogP contribution in [0.25, 0.3) is 5.69 Å². The fourth-order valence-electron chi connectivity index (χ4n) is 2.60. The quantitative estimate of drug-likeness (QED) is 0.449. The molecule has 0 radical (unpaired) electrons. The van der Waals surface area contributed by atoms with Crippen LogP contribution >= 0.6 is 22.7 Å². The number of carboxylic acids is 1. The first kappa shape index (κ1) is 19.6. The number of carboxylic acid groups (broad SMARTS) is 1. The standard InChI is InChI=1S/C21H13N3O4S2/c25-17(16-7-4-12-29-16)19-23-24(15-10-8-14(9-11-15)20(27)28)21(30-19)22-18(26)13-5-2-1-3-6-13/h1-12H,(H,27,28)/p-1. The fourth-order valence-corrected chi connectivity index (χ4v) is 4.19. The van der Waals surface area contributed by atoms with Crippen LogP contribution in [0.5, 0.6) is 0 Å². The molecule has 4 rings (SSSR count). The van der Waals surface area contributed by atoms with Crippen molar-refractivity contribution in [2.45, 2.75) is 0 Å². The number of amides is 1. The van der Waals surface area contributed by atoms with Crippen LogP contribution in [0.1, 0.15) is 35.4 Å². The molecule has 4 aromatic rings. The van der Waals surface area contributed by atoms with E-state index in [1.807, 2.05) is 0 Å². The highest BCUT2D eigenvalue weighted by molar-refractivity contribution is 7.15. The van der Waals surface area contributed by atoms with Gasteiger partial charge in [-0.15, -0.1) is 11.3 Å². The van der Waals surface area contributed by atoms with Gasteiger partial charge in [-0.05, 0) is 41.3 Å². The van der Waals surface area contributed by atoms with Crippen LogP contribution < -0.4 is 9.91 Å². The van der Waals surface area contributed by atoms with Crippen molar-refractivity contribution in [3.05, 3.63) is 97.9 Å². The van der Waals surface area contributed by atoms with Gasteiger partial charge in [-0.1, -0.05) is 47.7 Å². The Balaban J connectivity index is 1.82. The predicted molar refractivity (Wildman–Crippen MR) is 110 cm³/mol. The van der Waals surface area contributed by atoms with Gasteiger partial charge in [0.25, 0.3) is 5.91 Å². The molecule has 0 aliphatic carbocycles. The zero-order valence-corrected chi connectivity index (χ0v) is 16.9. The first-order valence-electron chi connectivity index (χ1n) is 8.67. The third kappa shape index (κ3) is 4.02. The van der Waals surface area contributed by atoms with Crippen LogP contribution in [0.15, 0.2) is 77.1 Å². The molecule has 2 aromatic carbocycles. The molecule has 0 N–H and O–H groups in total. The van der Waals surface area contributed by atoms with Gasteiger partial charge in [0.1, 0.15) is 0 Å². The number of benzene rings is 2. The summed E-state index contributed by atoms with van der Waals surface area (Å²) in [6.45, 7) is 0. The second kappa shape index (κ2) is 8.36. The van der Waals surface area contributed by atoms with Crippen LogP contribution in [0.4, 0.5) is 0 Å². The lowest BCUT2D eigenvalue weighted by Crippen LogP contribution is -2.22. The lowest BCUT2D eigenvalue weighted by atomic mass is 10.2. The summed E-state index contributed by atoms with van der Waals surface area (Å²) >= 11 is 2.28. The molecule has 9 heteroatoms. The van der Waals surface area contributed by atoms with Gasteiger partial charge in [0, 0.05) is 5.56 Å². The third-order valence-corrected chi connectivity index (χ3v) is 5.84. The van der Waals surface area contributed by atoms with E-state index in [1.165, 1.54) is 40.3 Å². The molecular formula is C21H12N3O4S2-. The van der Waals surface area contributed by atoms with Crippen molar-refractivity contribution < 1.29 is 19.5 Å². The molecule has 0 bridgehead atoms. The summed E-state index contributed by atoms with van der Waals surface area (Å²) in [7, 11) is 0. The van der Waals surface area contributed by atoms with Crippen molar-refractivity contribution >= 4 is 40.3 Å². The minimum absolute atomic E-state index is 0.00307. The van der Waals surface area contributed by atoms with Gasteiger partial charge in [-0.2, -0.15) is 10.1 Å². The highest BCUT2D eigenvalue weighted by Gasteiger charge is 2.18. The molecule has 0 aliphatic heterocycles. The Kier molecular flexibility index (Phi) is 5.46. The van der Waals surface area contributed by atoms with Crippen LogP contribution in [0.2, 0.25) is 0 Å². The Labute approximate surface area is 178 Å². The lowest BCUT2D eigenvalue weighted by molar-refractivity contribution is -0.255. The van der Waals surface area contributed by atoms with E-state index >= 15 is 0 Å². The molecule has 0 saturated heterocycles. The zero-order valence-electron chi connectivity index (χ0n) is 15.2. The maximum atomic E-state index is 12.7. The van der Waals surface area contributed by atoms with Gasteiger partial charge in [0.2, 0.25) is 10.6 Å². The number of nitrogens with zero attached hydrogens (tertiary/aromatic N) is 3. The molecule has 1 amide bonds. The summed E-state index contributed by atoms with van der Waals surface area (Å²) in [6.07, 6.45) is 0. The summed E-state index contributed by atoms with van der Waals surface area (Å²) in [4.78, 5) is 41.2. The number of hydrogen-bond donors (Lipinski definition) is 0. The molecule has 2 heterocycles. The SMILES string of the molecule is O=C([O-])c1ccc(-n2nc(C(=O)c3cccs3)sc2=NC(=O)c2ccccc2)cc1. The number of rotatable bonds is 5. The van der Waals surface area contributed by atoms with E-state index in [2.05, 4.69) is 10.1 Å². The average Bonchev–Trinajstić information content (AvgIpc) is 3.44. The molecule has 0 fully saturated rings. The summed E-state index contributed by atoms with van der Waals surface area (Å²) in [5, 5.41) is 17.3. The highest BCUT2D eigenvalue weighted by atomic mass is 32.1. The molecule has 0 saturated carbocycles. The molecule has 148 valence electrons. The van der Waals surface area contributed by atoms with Gasteiger partial charge in [-0.3, -0.25) is 9.59 Å². The Hall–Kier alpha value is -3.69. The van der Waals surface area contributed by atoms with Gasteiger partial charge in [0.05, 0.1) is 16.5 Å². The third-order valence-electron chi connectivity index (χ3n) is 4.06. The summed E-state index contributed by atoms with van der Waals surface area (Å²) in [5.41, 5.74) is 0.861. The van der Waals surface area contributed by atoms with Crippen molar-refractivity contribution in [3.8, 4) is 5.69 Å². The van der Waals surface area contributed by atoms with E-state index in [0.717, 1.165) is 11.3 Å². The van der Waals surface area contributed by atoms with E-state index in [-0.39, 0.29) is 21.2 Å². The molecule has 0 atom stereocenters. The molecular weight excluding hydrogens is 422 g/mol. The molecule has 0 aliphatic rings. The van der Waals surface area contributed by atoms with E-state index in [9.17, 15) is 19.5 Å². The van der Waals surface area contributed by atoms with Gasteiger partial charge in [-0.25, -0.2) is 4.68 Å². The number of aromatic carboxylic acids is 1. The second-order valence-corrected chi connectivity index (χ2v) is 7.93. The Bertz CT molecular complexity index is 1290. The first-order valence-corrected chi connectivity index (χ1v) is 10.4. The van der Waals surface area contributed by atoms with Crippen LogP contribution in [-0.4, -0.2) is 27.4 Å². The lowest BCUT2D eigenvalue weighted by Gasteiger charge is -2.04. The highest BCUT2D eigenvalue weighted by Crippen LogP contribution is 2.17. The minimum atomic E-state index is -1.30. The van der Waals surface area contributed by atoms with Crippen LogP contribution in [-0.2, 0) is 0 Å². The predicted octanol–water partition coefficient (Wildman–Crippen LogP) is 2.33. The summed E-state index contributed by atoms with van der Waals surface area (Å²) in [6, 6.07) is 17.7. The number of carbonyl (C=O) groups is 3. The van der Waals surface area contributed by atoms with E-state index in [0.29, 0.717) is 16.1 Å². The van der Waals surface area contributed by atoms with Crippen molar-refractivity contribution in [2.24, 2.45) is 4.99 Å². The summed E-state index contributed by atoms with van der Waals surface area (Å²) < 4.78 is 1.35. The van der Waals surface area contributed by atoms with Gasteiger partial charge in [0.15, 0.2) is 5.01 Å². The monoisotopic (exact) mass is 434 g/mol. The van der Waals surface area contributed by atoms with Gasteiger partial charge < -0.3 is 9.90 Å². The second-order valence-electron chi connectivity index (χ2n) is 6.03. The maximum absolute atomic E-state index is 12.7. The summed E-state index contributed by atoms with van der Waals surface area (Å²) in [5.74, 6) is -2.05. The molecule has 2 aromatic heterocycles. The first-order chi connectivity index (χ1) is 14.5. The van der Waals surface area contributed by atoms with Gasteiger partial charge >= 0.3 is 0 Å². The topological polar surface area (TPSA) is 104 Å². The Morgan fingerprint density at radius 2 is 1.63 bits per heavy atom. The van der Waals surface area contributed by atoms with E-state index < -0.39 is 11.9 Å². The van der Waals surface area contributed by atoms with Crippen molar-refractivity contribution in [2.75, 3.05) is 0 Å². The molecule has 0 unspecified atom stereocenters. The molecule has 7 nitrogen and oxygen atoms in total. The van der Waals surface area contributed by atoms with Crippen LogP contribution in [0, 0.1) is 0 Å². The van der Waals surface area contributed by atoms with Crippen molar-refractivity contribution in [3.63, 3.8) is 0 Å². The van der Waals surface area contributed by atoms with Crippen molar-refractivity contribution in [1.29, 1.82) is 0 Å². The number of ketones is 1. The Morgan fingerprint density at radius 3 is 2.27 bits per heavy atom. The molecule has 30 heavy (non-hydrogen) atoms. The minimum Gasteiger partial charge on any atom is -0.545 e. The number of aromatic nitrogens is 2. The zero-order chi connectivity index (χ0) is 21.1.